The van der Waals surface area contributed by atoms with E-state index >= 15 is 0 Å². The van der Waals surface area contributed by atoms with Crippen LogP contribution in [0.15, 0.2) is 0 Å². The van der Waals surface area contributed by atoms with E-state index in [1.807, 2.05) is 20.8 Å². The Labute approximate surface area is 56.6 Å². The van der Waals surface area contributed by atoms with Crippen LogP contribution in [0.2, 0.25) is 0 Å². The zero-order valence-corrected chi connectivity index (χ0v) is 6.40. The van der Waals surface area contributed by atoms with Crippen molar-refractivity contribution in [3.63, 3.8) is 0 Å². The monoisotopic (exact) mass is 129 g/mol. The highest BCUT2D eigenvalue weighted by atomic mass is 16.1. The maximum absolute atomic E-state index is 10.3. The second kappa shape index (κ2) is 4.36. The molecule has 0 aromatic carbocycles. The fourth-order valence-electron chi connectivity index (χ4n) is 0.767. The number of amides is 1. The van der Waals surface area contributed by atoms with Gasteiger partial charge in [0.1, 0.15) is 0 Å². The van der Waals surface area contributed by atoms with Crippen LogP contribution in [0.5, 0.6) is 0 Å². The van der Waals surface area contributed by atoms with E-state index in [4.69, 9.17) is 0 Å². The highest BCUT2D eigenvalue weighted by Gasteiger charge is 2.14. The molecule has 0 aliphatic carbocycles. The maximum atomic E-state index is 10.3. The fourth-order valence-corrected chi connectivity index (χ4v) is 0.767. The first-order valence-corrected chi connectivity index (χ1v) is 3.58. The largest absolute Gasteiger partial charge is 0.354 e. The molecule has 0 saturated carbocycles. The van der Waals surface area contributed by atoms with E-state index in [1.54, 1.807) is 0 Å². The zero-order chi connectivity index (χ0) is 7.28. The molecule has 0 bridgehead atoms. The van der Waals surface area contributed by atoms with Crippen LogP contribution in [0.4, 0.5) is 0 Å². The third kappa shape index (κ3) is 3.12. The molecule has 1 fully saturated rings. The van der Waals surface area contributed by atoms with Crippen LogP contribution in [-0.2, 0) is 4.79 Å². The summed E-state index contributed by atoms with van der Waals surface area (Å²) < 4.78 is 0. The van der Waals surface area contributed by atoms with Gasteiger partial charge in [-0.25, -0.2) is 0 Å². The van der Waals surface area contributed by atoms with Crippen molar-refractivity contribution in [1.82, 2.24) is 5.32 Å². The van der Waals surface area contributed by atoms with E-state index in [-0.39, 0.29) is 5.91 Å². The van der Waals surface area contributed by atoms with E-state index < -0.39 is 0 Å². The number of nitrogens with one attached hydrogen (secondary N) is 1. The Morgan fingerprint density at radius 2 is 2.11 bits per heavy atom. The van der Waals surface area contributed by atoms with Crippen LogP contribution in [0.25, 0.3) is 0 Å². The van der Waals surface area contributed by atoms with Gasteiger partial charge in [-0.3, -0.25) is 4.79 Å². The van der Waals surface area contributed by atoms with Crippen molar-refractivity contribution in [2.75, 3.05) is 0 Å². The number of hydrogen-bond acceptors (Lipinski definition) is 1. The summed E-state index contributed by atoms with van der Waals surface area (Å²) in [5, 5.41) is 2.78. The van der Waals surface area contributed by atoms with E-state index in [1.165, 1.54) is 0 Å². The van der Waals surface area contributed by atoms with Crippen molar-refractivity contribution in [2.24, 2.45) is 0 Å². The number of rotatable bonds is 0. The van der Waals surface area contributed by atoms with Gasteiger partial charge < -0.3 is 5.32 Å². The van der Waals surface area contributed by atoms with Crippen LogP contribution < -0.4 is 5.32 Å². The average Bonchev–Trinajstić information content (AvgIpc) is 2.20. The third-order valence-corrected chi connectivity index (χ3v) is 1.21. The van der Waals surface area contributed by atoms with E-state index in [0.717, 1.165) is 12.8 Å². The maximum Gasteiger partial charge on any atom is 0.220 e. The van der Waals surface area contributed by atoms with Crippen molar-refractivity contribution in [3.05, 3.63) is 0 Å². The van der Waals surface area contributed by atoms with Crippen molar-refractivity contribution < 1.29 is 4.79 Å². The lowest BCUT2D eigenvalue weighted by atomic mass is 10.3. The van der Waals surface area contributed by atoms with Crippen LogP contribution in [-0.4, -0.2) is 11.9 Å². The minimum absolute atomic E-state index is 0.201. The molecule has 0 radical (unpaired) electrons. The Bertz CT molecular complexity index is 90.9. The van der Waals surface area contributed by atoms with Crippen molar-refractivity contribution in [2.45, 2.75) is 39.7 Å². The molecule has 1 N–H and O–H groups in total. The molecular weight excluding hydrogens is 114 g/mol. The van der Waals surface area contributed by atoms with Crippen LogP contribution in [0.1, 0.15) is 33.6 Å². The summed E-state index contributed by atoms with van der Waals surface area (Å²) >= 11 is 0. The van der Waals surface area contributed by atoms with Gasteiger partial charge in [0.2, 0.25) is 5.91 Å². The number of hydrogen-bond donors (Lipinski definition) is 1. The van der Waals surface area contributed by atoms with Crippen LogP contribution >= 0.6 is 0 Å². The van der Waals surface area contributed by atoms with Gasteiger partial charge in [0, 0.05) is 12.5 Å². The number of carbonyl (C=O) groups excluding carboxylic acids is 1. The smallest absolute Gasteiger partial charge is 0.220 e. The lowest BCUT2D eigenvalue weighted by molar-refractivity contribution is -0.119. The van der Waals surface area contributed by atoms with E-state index in [9.17, 15) is 4.79 Å². The molecule has 54 valence electrons. The van der Waals surface area contributed by atoms with Gasteiger partial charge >= 0.3 is 0 Å². The van der Waals surface area contributed by atoms with Crippen LogP contribution in [0, 0.1) is 0 Å². The molecule has 1 atom stereocenters. The standard InChI is InChI=1S/C5H9NO.C2H6/c1-4-2-3-5(7)6-4;1-2/h4H,2-3H2,1H3,(H,6,7);1-2H3/t4-;/m1./s1. The number of carbonyl (C=O) groups is 1. The highest BCUT2D eigenvalue weighted by molar-refractivity contribution is 5.78. The summed E-state index contributed by atoms with van der Waals surface area (Å²) in [6.45, 7) is 6.02. The molecule has 0 unspecified atom stereocenters. The van der Waals surface area contributed by atoms with Gasteiger partial charge in [0.25, 0.3) is 0 Å². The van der Waals surface area contributed by atoms with Crippen molar-refractivity contribution in [3.8, 4) is 0 Å². The van der Waals surface area contributed by atoms with Gasteiger partial charge in [-0.2, -0.15) is 0 Å². The van der Waals surface area contributed by atoms with Crippen molar-refractivity contribution >= 4 is 5.91 Å². The second-order valence-corrected chi connectivity index (χ2v) is 2.01. The molecule has 1 heterocycles. The van der Waals surface area contributed by atoms with Crippen molar-refractivity contribution in [1.29, 1.82) is 0 Å². The molecule has 0 aromatic heterocycles. The lowest BCUT2D eigenvalue weighted by Crippen LogP contribution is -2.21. The Kier molecular flexibility index (Phi) is 4.10. The van der Waals surface area contributed by atoms with Gasteiger partial charge in [0.15, 0.2) is 0 Å². The predicted molar refractivity (Wildman–Crippen MR) is 38.2 cm³/mol. The molecule has 1 aliphatic rings. The molecule has 2 nitrogen and oxygen atoms in total. The first-order valence-electron chi connectivity index (χ1n) is 3.58. The predicted octanol–water partition coefficient (Wildman–Crippen LogP) is 1.31. The van der Waals surface area contributed by atoms with Gasteiger partial charge in [-0.05, 0) is 13.3 Å². The quantitative estimate of drug-likeness (QED) is 0.525. The molecule has 0 aromatic rings. The summed E-state index contributed by atoms with van der Waals surface area (Å²) in [6.07, 6.45) is 1.74. The molecular formula is C7H15NO. The summed E-state index contributed by atoms with van der Waals surface area (Å²) in [5.74, 6) is 0.201. The molecule has 1 aliphatic heterocycles. The van der Waals surface area contributed by atoms with Gasteiger partial charge in [0.05, 0.1) is 0 Å². The van der Waals surface area contributed by atoms with E-state index in [0.29, 0.717) is 6.04 Å². The van der Waals surface area contributed by atoms with Gasteiger partial charge in [-0.1, -0.05) is 13.8 Å². The normalized spacial score (nSPS) is 24.3. The first kappa shape index (κ1) is 8.47. The Morgan fingerprint density at radius 1 is 1.56 bits per heavy atom. The topological polar surface area (TPSA) is 29.1 Å². The summed E-state index contributed by atoms with van der Waals surface area (Å²) in [5.41, 5.74) is 0. The Morgan fingerprint density at radius 3 is 2.22 bits per heavy atom. The summed E-state index contributed by atoms with van der Waals surface area (Å²) in [7, 11) is 0. The second-order valence-electron chi connectivity index (χ2n) is 2.01. The molecule has 9 heavy (non-hydrogen) atoms. The Balaban J connectivity index is 0.000000291. The molecule has 1 amide bonds. The van der Waals surface area contributed by atoms with Crippen LogP contribution in [0.3, 0.4) is 0 Å². The zero-order valence-electron chi connectivity index (χ0n) is 6.40. The molecule has 1 saturated heterocycles. The van der Waals surface area contributed by atoms with Gasteiger partial charge in [-0.15, -0.1) is 0 Å². The summed E-state index contributed by atoms with van der Waals surface area (Å²) in [4.78, 5) is 10.3. The molecule has 2 heteroatoms. The molecule has 1 rings (SSSR count). The lowest BCUT2D eigenvalue weighted by Gasteiger charge is -1.95. The highest BCUT2D eigenvalue weighted by Crippen LogP contribution is 2.03. The SMILES string of the molecule is CC.C[C@@H]1CCC(=O)N1. The third-order valence-electron chi connectivity index (χ3n) is 1.21. The summed E-state index contributed by atoms with van der Waals surface area (Å²) in [6, 6.07) is 0.424. The fraction of sp³-hybridized carbons (Fsp3) is 0.857. The molecule has 0 spiro atoms. The first-order chi connectivity index (χ1) is 4.29. The minimum atomic E-state index is 0.201. The van der Waals surface area contributed by atoms with E-state index in [2.05, 4.69) is 5.32 Å². The minimum Gasteiger partial charge on any atom is -0.354 e. The Hall–Kier alpha value is -0.530. The average molecular weight is 129 g/mol.